The molecule has 2 heterocycles. The molecule has 49 heavy (non-hydrogen) atoms. The van der Waals surface area contributed by atoms with Crippen LogP contribution in [-0.2, 0) is 5.54 Å². The quantitative estimate of drug-likeness (QED) is 0.193. The molecule has 7 aromatic carbocycles. The summed E-state index contributed by atoms with van der Waals surface area (Å²) in [6.07, 6.45) is 4.12. The van der Waals surface area contributed by atoms with Gasteiger partial charge in [0, 0.05) is 22.8 Å². The van der Waals surface area contributed by atoms with Crippen LogP contribution in [0.4, 0.5) is 0 Å². The predicted octanol–water partition coefficient (Wildman–Crippen LogP) is 11.2. The van der Waals surface area contributed by atoms with Gasteiger partial charge in [0.2, 0.25) is 0 Å². The number of aliphatic imine (C=N–C) groups is 1. The van der Waals surface area contributed by atoms with E-state index in [9.17, 15) is 0 Å². The summed E-state index contributed by atoms with van der Waals surface area (Å²) in [5, 5.41) is 9.77. The van der Waals surface area contributed by atoms with Crippen LogP contribution in [0.25, 0.3) is 60.4 Å². The Morgan fingerprint density at radius 1 is 0.490 bits per heavy atom. The molecule has 3 heteroatoms. The topological polar surface area (TPSA) is 37.3 Å². The first-order chi connectivity index (χ1) is 24.1. The van der Waals surface area contributed by atoms with Gasteiger partial charge in [0.25, 0.3) is 0 Å². The fourth-order valence-electron chi connectivity index (χ4n) is 7.17. The third-order valence-electron chi connectivity index (χ3n) is 9.73. The van der Waals surface area contributed by atoms with E-state index >= 15 is 0 Å². The molecule has 1 aliphatic rings. The van der Waals surface area contributed by atoms with Crippen molar-refractivity contribution >= 4 is 44.0 Å². The lowest BCUT2D eigenvalue weighted by Crippen LogP contribution is -2.34. The van der Waals surface area contributed by atoms with Crippen molar-refractivity contribution in [3.05, 3.63) is 193 Å². The Kier molecular flexibility index (Phi) is 6.91. The SMILES string of the molecule is CC1(c2ccc(-c3ccccc3)cc2)C=C(c2cccc(-c3ccc4ncccc4c3)c2)NC(c2cc3ccccc3c3ccccc23)=N1. The number of amidine groups is 1. The van der Waals surface area contributed by atoms with Gasteiger partial charge in [0.1, 0.15) is 11.4 Å². The van der Waals surface area contributed by atoms with Crippen LogP contribution in [0.5, 0.6) is 0 Å². The summed E-state index contributed by atoms with van der Waals surface area (Å²) >= 11 is 0. The van der Waals surface area contributed by atoms with Crippen LogP contribution in [0.3, 0.4) is 0 Å². The molecule has 9 rings (SSSR count). The van der Waals surface area contributed by atoms with Crippen molar-refractivity contribution in [2.75, 3.05) is 0 Å². The monoisotopic (exact) mass is 627 g/mol. The molecule has 0 saturated carbocycles. The van der Waals surface area contributed by atoms with Gasteiger partial charge in [-0.25, -0.2) is 0 Å². The minimum absolute atomic E-state index is 0.623. The van der Waals surface area contributed by atoms with Gasteiger partial charge >= 0.3 is 0 Å². The highest BCUT2D eigenvalue weighted by atomic mass is 15.1. The van der Waals surface area contributed by atoms with E-state index < -0.39 is 5.54 Å². The van der Waals surface area contributed by atoms with Crippen LogP contribution in [0.1, 0.15) is 23.6 Å². The van der Waals surface area contributed by atoms with Crippen LogP contribution in [0, 0.1) is 0 Å². The van der Waals surface area contributed by atoms with Crippen LogP contribution in [-0.4, -0.2) is 10.8 Å². The van der Waals surface area contributed by atoms with Gasteiger partial charge in [0.05, 0.1) is 5.52 Å². The number of aromatic nitrogens is 1. The van der Waals surface area contributed by atoms with E-state index in [2.05, 4.69) is 181 Å². The molecule has 0 saturated heterocycles. The molecule has 232 valence electrons. The summed E-state index contributed by atoms with van der Waals surface area (Å²) < 4.78 is 0. The van der Waals surface area contributed by atoms with Crippen molar-refractivity contribution < 1.29 is 0 Å². The van der Waals surface area contributed by atoms with E-state index in [0.29, 0.717) is 0 Å². The van der Waals surface area contributed by atoms with E-state index in [1.165, 1.54) is 32.7 Å². The minimum atomic E-state index is -0.623. The maximum Gasteiger partial charge on any atom is 0.134 e. The number of nitrogens with zero attached hydrogens (tertiary/aromatic N) is 2. The number of fused-ring (bicyclic) bond motifs is 4. The molecular weight excluding hydrogens is 595 g/mol. The Hall–Kier alpha value is -6.32. The summed E-state index contributed by atoms with van der Waals surface area (Å²) in [4.78, 5) is 10.0. The molecular formula is C46H33N3. The van der Waals surface area contributed by atoms with Gasteiger partial charge in [-0.1, -0.05) is 133 Å². The smallest absolute Gasteiger partial charge is 0.134 e. The molecule has 0 spiro atoms. The van der Waals surface area contributed by atoms with E-state index in [4.69, 9.17) is 4.99 Å². The number of rotatable bonds is 5. The summed E-state index contributed by atoms with van der Waals surface area (Å²) in [5.74, 6) is 0.858. The first-order valence-corrected chi connectivity index (χ1v) is 16.7. The van der Waals surface area contributed by atoms with Crippen molar-refractivity contribution in [1.29, 1.82) is 0 Å². The van der Waals surface area contributed by atoms with Crippen LogP contribution >= 0.6 is 0 Å². The number of hydrogen-bond acceptors (Lipinski definition) is 3. The summed E-state index contributed by atoms with van der Waals surface area (Å²) in [6.45, 7) is 2.22. The lowest BCUT2D eigenvalue weighted by Gasteiger charge is -2.31. The maximum absolute atomic E-state index is 5.53. The van der Waals surface area contributed by atoms with Crippen LogP contribution in [0.2, 0.25) is 0 Å². The van der Waals surface area contributed by atoms with Gasteiger partial charge in [-0.2, -0.15) is 0 Å². The second-order valence-electron chi connectivity index (χ2n) is 12.9. The van der Waals surface area contributed by atoms with Crippen LogP contribution in [0.15, 0.2) is 181 Å². The number of hydrogen-bond donors (Lipinski definition) is 1. The Labute approximate surface area is 285 Å². The highest BCUT2D eigenvalue weighted by Gasteiger charge is 2.31. The molecule has 0 radical (unpaired) electrons. The van der Waals surface area contributed by atoms with Crippen LogP contribution < -0.4 is 5.32 Å². The Balaban J connectivity index is 1.20. The third kappa shape index (κ3) is 5.26. The first-order valence-electron chi connectivity index (χ1n) is 16.7. The van der Waals surface area contributed by atoms with Crippen molar-refractivity contribution in [3.8, 4) is 22.3 Å². The highest BCUT2D eigenvalue weighted by Crippen LogP contribution is 2.38. The molecule has 3 nitrogen and oxygen atoms in total. The number of benzene rings is 7. The standard InChI is InChI=1S/C46H33N3/c1-46(38-23-20-32(21-24-38)31-11-3-2-4-12-31)30-44(37-15-9-14-33(27-37)34-22-25-43-36(28-34)16-10-26-47-43)48-45(49-46)42-29-35-13-5-6-17-39(35)40-18-7-8-19-41(40)42/h2-30H,1H3,(H,48,49). The van der Waals surface area contributed by atoms with Crippen molar-refractivity contribution in [2.24, 2.45) is 4.99 Å². The zero-order chi connectivity index (χ0) is 32.8. The second-order valence-corrected chi connectivity index (χ2v) is 12.9. The maximum atomic E-state index is 5.53. The zero-order valence-corrected chi connectivity index (χ0v) is 27.1. The predicted molar refractivity (Wildman–Crippen MR) is 206 cm³/mol. The number of pyridine rings is 1. The lowest BCUT2D eigenvalue weighted by atomic mass is 9.87. The molecule has 1 atom stereocenters. The highest BCUT2D eigenvalue weighted by molar-refractivity contribution is 6.20. The summed E-state index contributed by atoms with van der Waals surface area (Å²) in [6, 6.07) is 58.3. The molecule has 0 amide bonds. The number of nitrogens with one attached hydrogen (secondary N) is 1. The van der Waals surface area contributed by atoms with E-state index in [1.54, 1.807) is 0 Å². The summed E-state index contributed by atoms with van der Waals surface area (Å²) in [7, 11) is 0. The fraction of sp³-hybridized carbons (Fsp3) is 0.0435. The van der Waals surface area contributed by atoms with Gasteiger partial charge in [-0.3, -0.25) is 9.98 Å². The van der Waals surface area contributed by atoms with E-state index in [0.717, 1.165) is 50.3 Å². The van der Waals surface area contributed by atoms with E-state index in [-0.39, 0.29) is 0 Å². The molecule has 0 bridgehead atoms. The fourth-order valence-corrected chi connectivity index (χ4v) is 7.17. The van der Waals surface area contributed by atoms with Crippen molar-refractivity contribution in [3.63, 3.8) is 0 Å². The first kappa shape index (κ1) is 28.9. The van der Waals surface area contributed by atoms with Crippen molar-refractivity contribution in [2.45, 2.75) is 12.5 Å². The van der Waals surface area contributed by atoms with Crippen molar-refractivity contribution in [1.82, 2.24) is 10.3 Å². The average Bonchev–Trinajstić information content (AvgIpc) is 3.17. The average molecular weight is 628 g/mol. The van der Waals surface area contributed by atoms with Gasteiger partial charge in [-0.15, -0.1) is 0 Å². The molecule has 1 aliphatic heterocycles. The van der Waals surface area contributed by atoms with Gasteiger partial charge in [-0.05, 0) is 98.3 Å². The Morgan fingerprint density at radius 3 is 2.00 bits per heavy atom. The molecule has 0 aliphatic carbocycles. The Bertz CT molecular complexity index is 2580. The Morgan fingerprint density at radius 2 is 1.14 bits per heavy atom. The molecule has 0 fully saturated rings. The lowest BCUT2D eigenvalue weighted by molar-refractivity contribution is 0.623. The van der Waals surface area contributed by atoms with E-state index in [1.807, 2.05) is 12.3 Å². The second kappa shape index (κ2) is 11.7. The molecule has 8 aromatic rings. The molecule has 1 unspecified atom stereocenters. The zero-order valence-electron chi connectivity index (χ0n) is 27.1. The summed E-state index contributed by atoms with van der Waals surface area (Å²) in [5.41, 5.74) is 9.43. The molecule has 1 N–H and O–H groups in total. The van der Waals surface area contributed by atoms with Gasteiger partial charge in [0.15, 0.2) is 0 Å². The minimum Gasteiger partial charge on any atom is -0.340 e. The third-order valence-corrected chi connectivity index (χ3v) is 9.73. The molecule has 1 aromatic heterocycles. The largest absolute Gasteiger partial charge is 0.340 e. The van der Waals surface area contributed by atoms with Gasteiger partial charge < -0.3 is 5.32 Å². The normalized spacial score (nSPS) is 15.9.